The zero-order valence-electron chi connectivity index (χ0n) is 26.2. The van der Waals surface area contributed by atoms with Crippen molar-refractivity contribution in [2.75, 3.05) is 46.1 Å². The van der Waals surface area contributed by atoms with Gasteiger partial charge in [-0.15, -0.1) is 0 Å². The van der Waals surface area contributed by atoms with Crippen molar-refractivity contribution in [3.05, 3.63) is 28.8 Å². The highest BCUT2D eigenvalue weighted by atomic mass is 31.2. The van der Waals surface area contributed by atoms with Gasteiger partial charge in [-0.1, -0.05) is 26.2 Å². The summed E-state index contributed by atoms with van der Waals surface area (Å²) in [6.07, 6.45) is 4.01. The van der Waals surface area contributed by atoms with E-state index in [0.29, 0.717) is 54.8 Å². The lowest BCUT2D eigenvalue weighted by molar-refractivity contribution is -0.196. The summed E-state index contributed by atoms with van der Waals surface area (Å²) in [5.41, 5.74) is 2.02. The van der Waals surface area contributed by atoms with Gasteiger partial charge < -0.3 is 48.9 Å². The summed E-state index contributed by atoms with van der Waals surface area (Å²) in [6, 6.07) is 3.48. The van der Waals surface area contributed by atoms with Crippen molar-refractivity contribution in [1.29, 1.82) is 0 Å². The third kappa shape index (κ3) is 19.8. The van der Waals surface area contributed by atoms with Gasteiger partial charge in [0, 0.05) is 19.8 Å². The molecule has 1 atom stereocenters. The minimum absolute atomic E-state index is 0.0248. The van der Waals surface area contributed by atoms with Crippen LogP contribution in [0.3, 0.4) is 0 Å². The molecular formula is C29H47N3O11P-. The van der Waals surface area contributed by atoms with Crippen LogP contribution in [0.5, 0.6) is 5.75 Å². The van der Waals surface area contributed by atoms with Crippen molar-refractivity contribution in [3.8, 4) is 5.75 Å². The van der Waals surface area contributed by atoms with Crippen LogP contribution in [-0.2, 0) is 34.7 Å². The molecule has 0 aromatic heterocycles. The Kier molecular flexibility index (Phi) is 19.5. The number of hydrogen-bond donors (Lipinski definition) is 3. The zero-order valence-corrected chi connectivity index (χ0v) is 27.1. The lowest BCUT2D eigenvalue weighted by atomic mass is 10.1. The van der Waals surface area contributed by atoms with E-state index in [2.05, 4.69) is 16.0 Å². The fraction of sp³-hybridized carbons (Fsp3) is 0.655. The number of esters is 1. The first-order valence-electron chi connectivity index (χ1n) is 14.9. The standard InChI is InChI=1S/C29H48N3O11P/c1-5-6-13-30-27(34)39-15-11-12-16-40-29(36)32-20-25(33)43-26-22(2)18-24(19-23(26)3)21-41-28(35)31-14-9-7-8-10-17-42-44(4,37)38/h18-19H,5-17,20-21H2,1-4H3,(H,30,34)(H,31,35)(H,32,36)(H,37,38)/p-1. The number of aryl methyl sites for hydroxylation is 2. The second-order valence-corrected chi connectivity index (χ2v) is 12.0. The van der Waals surface area contributed by atoms with Crippen LogP contribution in [0.1, 0.15) is 75.0 Å². The van der Waals surface area contributed by atoms with E-state index in [1.165, 1.54) is 0 Å². The number of unbranched alkanes of at least 4 members (excludes halogenated alkanes) is 5. The number of carbonyl (C=O) groups excluding carboxylic acids is 4. The van der Waals surface area contributed by atoms with Crippen molar-refractivity contribution in [1.82, 2.24) is 16.0 Å². The Bertz CT molecular complexity index is 1070. The first-order chi connectivity index (χ1) is 20.9. The van der Waals surface area contributed by atoms with Gasteiger partial charge >= 0.3 is 24.2 Å². The van der Waals surface area contributed by atoms with Crippen LogP contribution in [-0.4, -0.2) is 70.4 Å². The molecule has 250 valence electrons. The number of rotatable bonds is 21. The Morgan fingerprint density at radius 2 is 1.27 bits per heavy atom. The molecule has 1 aromatic rings. The van der Waals surface area contributed by atoms with E-state index in [9.17, 15) is 28.6 Å². The lowest BCUT2D eigenvalue weighted by Gasteiger charge is -2.17. The minimum Gasteiger partial charge on any atom is -0.779 e. The SMILES string of the molecule is CCCCNC(=O)OCCCCOC(=O)NCC(=O)Oc1c(C)cc(COC(=O)NCCCCCCOP(C)(=O)[O-])cc1C. The fourth-order valence-electron chi connectivity index (χ4n) is 3.78. The van der Waals surface area contributed by atoms with Gasteiger partial charge in [-0.3, -0.25) is 0 Å². The zero-order chi connectivity index (χ0) is 32.8. The number of hydrogen-bond acceptors (Lipinski definition) is 11. The Labute approximate surface area is 259 Å². The van der Waals surface area contributed by atoms with E-state index in [1.54, 1.807) is 26.0 Å². The lowest BCUT2D eigenvalue weighted by Crippen LogP contribution is -2.32. The molecule has 0 heterocycles. The van der Waals surface area contributed by atoms with Gasteiger partial charge in [-0.25, -0.2) is 19.2 Å². The third-order valence-electron chi connectivity index (χ3n) is 5.95. The molecule has 0 aliphatic rings. The summed E-state index contributed by atoms with van der Waals surface area (Å²) in [6.45, 7) is 7.67. The number of alkyl carbamates (subject to hydrolysis) is 3. The highest BCUT2D eigenvalue weighted by Gasteiger charge is 2.14. The fourth-order valence-corrected chi connectivity index (χ4v) is 4.24. The average Bonchev–Trinajstić information content (AvgIpc) is 2.95. The van der Waals surface area contributed by atoms with Crippen LogP contribution >= 0.6 is 7.60 Å². The van der Waals surface area contributed by atoms with Gasteiger partial charge in [0.1, 0.15) is 26.5 Å². The van der Waals surface area contributed by atoms with E-state index < -0.39 is 38.4 Å². The maximum absolute atomic E-state index is 12.3. The summed E-state index contributed by atoms with van der Waals surface area (Å²) in [5.74, 6) is -0.332. The molecule has 0 aliphatic heterocycles. The molecule has 0 fully saturated rings. The first kappa shape index (κ1) is 38.7. The van der Waals surface area contributed by atoms with Gasteiger partial charge in [-0.05, 0) is 74.8 Å². The van der Waals surface area contributed by atoms with E-state index in [1.807, 2.05) is 6.92 Å². The van der Waals surface area contributed by atoms with Gasteiger partial charge in [0.15, 0.2) is 0 Å². The summed E-state index contributed by atoms with van der Waals surface area (Å²) in [4.78, 5) is 58.5. The maximum Gasteiger partial charge on any atom is 0.407 e. The molecule has 14 nitrogen and oxygen atoms in total. The number of ether oxygens (including phenoxy) is 4. The normalized spacial score (nSPS) is 12.0. The predicted molar refractivity (Wildman–Crippen MR) is 161 cm³/mol. The van der Waals surface area contributed by atoms with Crippen molar-refractivity contribution in [2.24, 2.45) is 0 Å². The molecule has 15 heteroatoms. The minimum atomic E-state index is -3.68. The van der Waals surface area contributed by atoms with Crippen LogP contribution in [0, 0.1) is 13.8 Å². The molecule has 0 saturated heterocycles. The second-order valence-electron chi connectivity index (χ2n) is 10.2. The monoisotopic (exact) mass is 644 g/mol. The molecule has 0 radical (unpaired) electrons. The van der Waals surface area contributed by atoms with Crippen LogP contribution in [0.4, 0.5) is 14.4 Å². The van der Waals surface area contributed by atoms with Crippen molar-refractivity contribution in [2.45, 2.75) is 78.7 Å². The van der Waals surface area contributed by atoms with Crippen molar-refractivity contribution >= 4 is 31.8 Å². The Hall–Kier alpha value is -3.35. The summed E-state index contributed by atoms with van der Waals surface area (Å²) in [5, 5.41) is 7.65. The quantitative estimate of drug-likeness (QED) is 0.0571. The largest absolute Gasteiger partial charge is 0.779 e. The topological polar surface area (TPSA) is 191 Å². The number of carbonyl (C=O) groups is 4. The van der Waals surface area contributed by atoms with Crippen molar-refractivity contribution in [3.63, 3.8) is 0 Å². The average molecular weight is 645 g/mol. The summed E-state index contributed by atoms with van der Waals surface area (Å²) in [7, 11) is -3.68. The Morgan fingerprint density at radius 1 is 0.750 bits per heavy atom. The molecule has 3 amide bonds. The maximum atomic E-state index is 12.3. The van der Waals surface area contributed by atoms with Gasteiger partial charge in [0.05, 0.1) is 19.8 Å². The second kappa shape index (κ2) is 22.2. The number of benzene rings is 1. The van der Waals surface area contributed by atoms with E-state index in [-0.39, 0.29) is 26.4 Å². The number of nitrogens with one attached hydrogen (secondary N) is 3. The first-order valence-corrected chi connectivity index (χ1v) is 16.9. The third-order valence-corrected chi connectivity index (χ3v) is 6.61. The molecule has 0 bridgehead atoms. The molecule has 1 unspecified atom stereocenters. The number of amides is 3. The molecule has 0 saturated carbocycles. The Balaban J connectivity index is 2.24. The smallest absolute Gasteiger partial charge is 0.407 e. The highest BCUT2D eigenvalue weighted by molar-refractivity contribution is 7.50. The molecular weight excluding hydrogens is 597 g/mol. The van der Waals surface area contributed by atoms with E-state index >= 15 is 0 Å². The van der Waals surface area contributed by atoms with Crippen LogP contribution in [0.15, 0.2) is 12.1 Å². The predicted octanol–water partition coefficient (Wildman–Crippen LogP) is 4.23. The van der Waals surface area contributed by atoms with Crippen molar-refractivity contribution < 1.29 is 52.1 Å². The van der Waals surface area contributed by atoms with E-state index in [0.717, 1.165) is 38.8 Å². The van der Waals surface area contributed by atoms with Crippen LogP contribution in [0.25, 0.3) is 0 Å². The van der Waals surface area contributed by atoms with E-state index in [4.69, 9.17) is 23.5 Å². The molecule has 1 aromatic carbocycles. The Morgan fingerprint density at radius 3 is 1.86 bits per heavy atom. The molecule has 1 rings (SSSR count). The van der Waals surface area contributed by atoms with Crippen LogP contribution < -0.4 is 25.6 Å². The molecule has 3 N–H and O–H groups in total. The molecule has 44 heavy (non-hydrogen) atoms. The summed E-state index contributed by atoms with van der Waals surface area (Å²) < 4.78 is 36.3. The highest BCUT2D eigenvalue weighted by Crippen LogP contribution is 2.31. The molecule has 0 spiro atoms. The van der Waals surface area contributed by atoms with Gasteiger partial charge in [0.2, 0.25) is 0 Å². The molecule has 0 aliphatic carbocycles. The van der Waals surface area contributed by atoms with Gasteiger partial charge in [0.25, 0.3) is 0 Å². The van der Waals surface area contributed by atoms with Crippen LogP contribution in [0.2, 0.25) is 0 Å². The van der Waals surface area contributed by atoms with Gasteiger partial charge in [-0.2, -0.15) is 0 Å². The summed E-state index contributed by atoms with van der Waals surface area (Å²) >= 11 is 0.